The zero-order valence-electron chi connectivity index (χ0n) is 12.7. The average molecular weight is 305 g/mol. The molecule has 0 aliphatic carbocycles. The highest BCUT2D eigenvalue weighted by Gasteiger charge is 2.28. The monoisotopic (exact) mass is 305 g/mol. The summed E-state index contributed by atoms with van der Waals surface area (Å²) in [6, 6.07) is 5.73. The van der Waals surface area contributed by atoms with E-state index >= 15 is 0 Å². The van der Waals surface area contributed by atoms with Crippen molar-refractivity contribution in [1.82, 2.24) is 9.88 Å². The number of hydrogen-bond donors (Lipinski definition) is 2. The number of aromatic nitrogens is 1. The molecule has 0 unspecified atom stereocenters. The Labute approximate surface area is 130 Å². The summed E-state index contributed by atoms with van der Waals surface area (Å²) in [6.45, 7) is 3.77. The molecular weight excluding hydrogens is 282 g/mol. The van der Waals surface area contributed by atoms with E-state index in [1.54, 1.807) is 6.07 Å². The van der Waals surface area contributed by atoms with Crippen molar-refractivity contribution >= 4 is 11.8 Å². The van der Waals surface area contributed by atoms with Gasteiger partial charge in [0.2, 0.25) is 0 Å². The van der Waals surface area contributed by atoms with Crippen LogP contribution >= 0.6 is 0 Å². The molecule has 3 heterocycles. The maximum absolute atomic E-state index is 11.0. The van der Waals surface area contributed by atoms with Crippen LogP contribution in [0.5, 0.6) is 0 Å². The lowest BCUT2D eigenvalue weighted by molar-refractivity contribution is 0.0541. The number of carboxylic acid groups (broad SMARTS) is 1. The molecule has 2 saturated heterocycles. The number of likely N-dealkylation sites (tertiary alicyclic amines) is 1. The highest BCUT2D eigenvalue weighted by Crippen LogP contribution is 2.24. The van der Waals surface area contributed by atoms with Gasteiger partial charge >= 0.3 is 5.97 Å². The Hall–Kier alpha value is -1.66. The molecule has 0 radical (unpaired) electrons. The molecule has 0 aromatic carbocycles. The Morgan fingerprint density at radius 1 is 1.09 bits per heavy atom. The van der Waals surface area contributed by atoms with E-state index in [2.05, 4.69) is 14.8 Å². The number of nitrogens with zero attached hydrogens (tertiary/aromatic N) is 3. The number of aromatic carboxylic acids is 1. The van der Waals surface area contributed by atoms with Crippen LogP contribution in [0.15, 0.2) is 18.2 Å². The lowest BCUT2D eigenvalue weighted by Gasteiger charge is -2.41. The molecule has 0 amide bonds. The molecule has 120 valence electrons. The van der Waals surface area contributed by atoms with E-state index in [1.165, 1.54) is 6.07 Å². The van der Waals surface area contributed by atoms with E-state index in [9.17, 15) is 9.90 Å². The van der Waals surface area contributed by atoms with Crippen molar-refractivity contribution in [2.24, 2.45) is 0 Å². The van der Waals surface area contributed by atoms with Crippen LogP contribution in [0.2, 0.25) is 0 Å². The van der Waals surface area contributed by atoms with E-state index in [0.29, 0.717) is 6.04 Å². The van der Waals surface area contributed by atoms with Crippen LogP contribution in [0.3, 0.4) is 0 Å². The molecule has 22 heavy (non-hydrogen) atoms. The lowest BCUT2D eigenvalue weighted by atomic mass is 9.99. The fourth-order valence-corrected chi connectivity index (χ4v) is 3.43. The third kappa shape index (κ3) is 3.39. The molecule has 2 aliphatic rings. The van der Waals surface area contributed by atoms with Gasteiger partial charge in [0.1, 0.15) is 5.82 Å². The summed E-state index contributed by atoms with van der Waals surface area (Å²) in [6.07, 6.45) is 3.76. The highest BCUT2D eigenvalue weighted by atomic mass is 16.4. The normalized spacial score (nSPS) is 22.0. The van der Waals surface area contributed by atoms with E-state index in [1.807, 2.05) is 6.07 Å². The maximum atomic E-state index is 11.0. The number of carbonyl (C=O) groups is 1. The van der Waals surface area contributed by atoms with Crippen LogP contribution in [0.25, 0.3) is 0 Å². The Balaban J connectivity index is 1.57. The zero-order valence-corrected chi connectivity index (χ0v) is 12.7. The number of piperidine rings is 2. The number of aliphatic hydroxyl groups is 1. The smallest absolute Gasteiger partial charge is 0.354 e. The lowest BCUT2D eigenvalue weighted by Crippen LogP contribution is -2.48. The predicted octanol–water partition coefficient (Wildman–Crippen LogP) is 1.21. The molecule has 0 saturated carbocycles. The molecule has 0 atom stereocenters. The van der Waals surface area contributed by atoms with Crippen molar-refractivity contribution < 1.29 is 15.0 Å². The third-order valence-corrected chi connectivity index (χ3v) is 4.76. The topological polar surface area (TPSA) is 76.9 Å². The van der Waals surface area contributed by atoms with Gasteiger partial charge in [-0.15, -0.1) is 0 Å². The molecule has 0 bridgehead atoms. The molecular formula is C16H23N3O3. The molecule has 3 rings (SSSR count). The second-order valence-corrected chi connectivity index (χ2v) is 6.17. The minimum absolute atomic E-state index is 0.102. The van der Waals surface area contributed by atoms with E-state index in [0.717, 1.165) is 57.7 Å². The summed E-state index contributed by atoms with van der Waals surface area (Å²) in [5.41, 5.74) is 0.102. The van der Waals surface area contributed by atoms with Crippen molar-refractivity contribution in [2.45, 2.75) is 37.8 Å². The number of aliphatic hydroxyl groups excluding tert-OH is 1. The van der Waals surface area contributed by atoms with Crippen LogP contribution < -0.4 is 4.90 Å². The summed E-state index contributed by atoms with van der Waals surface area (Å²) in [7, 11) is 0. The predicted molar refractivity (Wildman–Crippen MR) is 83.2 cm³/mol. The molecule has 0 spiro atoms. The quantitative estimate of drug-likeness (QED) is 0.874. The first-order valence-corrected chi connectivity index (χ1v) is 8.01. The van der Waals surface area contributed by atoms with Gasteiger partial charge < -0.3 is 20.0 Å². The molecule has 2 N–H and O–H groups in total. The summed E-state index contributed by atoms with van der Waals surface area (Å²) in [5, 5.41) is 18.6. The zero-order chi connectivity index (χ0) is 15.5. The SMILES string of the molecule is O=C(O)c1cccc(N2CCC(N3CCC(O)CC3)CC2)n1. The fraction of sp³-hybridized carbons (Fsp3) is 0.625. The second kappa shape index (κ2) is 6.62. The van der Waals surface area contributed by atoms with Crippen LogP contribution in [0, 0.1) is 0 Å². The van der Waals surface area contributed by atoms with Crippen LogP contribution in [-0.4, -0.2) is 64.4 Å². The van der Waals surface area contributed by atoms with Gasteiger partial charge in [-0.2, -0.15) is 0 Å². The average Bonchev–Trinajstić information content (AvgIpc) is 2.56. The van der Waals surface area contributed by atoms with Crippen molar-refractivity contribution in [3.63, 3.8) is 0 Å². The van der Waals surface area contributed by atoms with Gasteiger partial charge in [-0.3, -0.25) is 0 Å². The van der Waals surface area contributed by atoms with Gasteiger partial charge in [-0.05, 0) is 37.8 Å². The first-order valence-electron chi connectivity index (χ1n) is 8.01. The second-order valence-electron chi connectivity index (χ2n) is 6.17. The van der Waals surface area contributed by atoms with Crippen LogP contribution in [-0.2, 0) is 0 Å². The fourth-order valence-electron chi connectivity index (χ4n) is 3.43. The Morgan fingerprint density at radius 2 is 1.77 bits per heavy atom. The van der Waals surface area contributed by atoms with Crippen molar-refractivity contribution in [2.75, 3.05) is 31.1 Å². The maximum Gasteiger partial charge on any atom is 0.354 e. The number of anilines is 1. The molecule has 1 aromatic rings. The number of rotatable bonds is 3. The summed E-state index contributed by atoms with van der Waals surface area (Å²) in [5.74, 6) is -0.226. The molecule has 6 nitrogen and oxygen atoms in total. The van der Waals surface area contributed by atoms with Crippen LogP contribution in [0.4, 0.5) is 5.82 Å². The van der Waals surface area contributed by atoms with Gasteiger partial charge in [-0.25, -0.2) is 9.78 Å². The molecule has 2 fully saturated rings. The van der Waals surface area contributed by atoms with Crippen molar-refractivity contribution in [1.29, 1.82) is 0 Å². The highest BCUT2D eigenvalue weighted by molar-refractivity contribution is 5.85. The third-order valence-electron chi connectivity index (χ3n) is 4.76. The van der Waals surface area contributed by atoms with Gasteiger partial charge in [0.15, 0.2) is 5.69 Å². The van der Waals surface area contributed by atoms with E-state index in [4.69, 9.17) is 5.11 Å². The Morgan fingerprint density at radius 3 is 2.41 bits per heavy atom. The Bertz CT molecular complexity index is 521. The summed E-state index contributed by atoms with van der Waals surface area (Å²) in [4.78, 5) is 19.9. The van der Waals surface area contributed by atoms with E-state index in [-0.39, 0.29) is 11.8 Å². The first kappa shape index (κ1) is 15.2. The number of hydrogen-bond acceptors (Lipinski definition) is 5. The first-order chi connectivity index (χ1) is 10.6. The summed E-state index contributed by atoms with van der Waals surface area (Å²) < 4.78 is 0. The minimum Gasteiger partial charge on any atom is -0.477 e. The van der Waals surface area contributed by atoms with Gasteiger partial charge in [0.25, 0.3) is 0 Å². The van der Waals surface area contributed by atoms with Crippen LogP contribution in [0.1, 0.15) is 36.2 Å². The minimum atomic E-state index is -0.983. The van der Waals surface area contributed by atoms with Gasteiger partial charge in [-0.1, -0.05) is 6.07 Å². The summed E-state index contributed by atoms with van der Waals surface area (Å²) >= 11 is 0. The number of pyridine rings is 1. The van der Waals surface area contributed by atoms with Gasteiger partial charge in [0.05, 0.1) is 6.10 Å². The number of carboxylic acids is 1. The van der Waals surface area contributed by atoms with Crippen molar-refractivity contribution in [3.05, 3.63) is 23.9 Å². The molecule has 2 aliphatic heterocycles. The van der Waals surface area contributed by atoms with Gasteiger partial charge in [0, 0.05) is 32.2 Å². The van der Waals surface area contributed by atoms with E-state index < -0.39 is 5.97 Å². The largest absolute Gasteiger partial charge is 0.477 e. The molecule has 6 heteroatoms. The Kier molecular flexibility index (Phi) is 4.59. The van der Waals surface area contributed by atoms with Crippen molar-refractivity contribution in [3.8, 4) is 0 Å². The standard InChI is InChI=1S/C16H23N3O3/c20-13-6-10-18(11-7-13)12-4-8-19(9-5-12)15-3-1-2-14(17-15)16(21)22/h1-3,12-13,20H,4-11H2,(H,21,22). The molecule has 1 aromatic heterocycles.